The van der Waals surface area contributed by atoms with Crippen LogP contribution in [0.3, 0.4) is 0 Å². The average molecular weight is 346 g/mol. The zero-order valence-corrected chi connectivity index (χ0v) is 13.0. The summed E-state index contributed by atoms with van der Waals surface area (Å²) in [4.78, 5) is 14.8. The van der Waals surface area contributed by atoms with Crippen LogP contribution in [0.5, 0.6) is 0 Å². The van der Waals surface area contributed by atoms with Gasteiger partial charge in [-0.15, -0.1) is 12.4 Å². The molecule has 2 fully saturated rings. The fraction of sp³-hybridized carbons (Fsp3) is 0.500. The first kappa shape index (κ1) is 14.8. The van der Waals surface area contributed by atoms with E-state index in [9.17, 15) is 4.79 Å². The molecule has 19 heavy (non-hydrogen) atoms. The van der Waals surface area contributed by atoms with Crippen molar-refractivity contribution < 1.29 is 4.79 Å². The van der Waals surface area contributed by atoms with Crippen LogP contribution in [0.25, 0.3) is 0 Å². The predicted octanol–water partition coefficient (Wildman–Crippen LogP) is 2.84. The summed E-state index contributed by atoms with van der Waals surface area (Å²) in [5.41, 5.74) is 0.788. The summed E-state index contributed by atoms with van der Waals surface area (Å²) >= 11 is 3.48. The molecule has 3 nitrogen and oxygen atoms in total. The average Bonchev–Trinajstić information content (AvgIpc) is 2.62. The quantitative estimate of drug-likeness (QED) is 0.849. The van der Waals surface area contributed by atoms with Gasteiger partial charge in [-0.3, -0.25) is 4.79 Å². The second kappa shape index (κ2) is 6.25. The number of nitrogens with zero attached hydrogens (tertiary/aromatic N) is 1. The van der Waals surface area contributed by atoms with E-state index in [1.807, 2.05) is 24.3 Å². The van der Waals surface area contributed by atoms with Gasteiger partial charge in [0, 0.05) is 23.1 Å². The Morgan fingerprint density at radius 1 is 1.21 bits per heavy atom. The van der Waals surface area contributed by atoms with E-state index in [-0.39, 0.29) is 18.3 Å². The van der Waals surface area contributed by atoms with Gasteiger partial charge in [-0.1, -0.05) is 12.1 Å². The molecule has 0 aliphatic carbocycles. The summed E-state index contributed by atoms with van der Waals surface area (Å²) in [7, 11) is 0. The van der Waals surface area contributed by atoms with Crippen molar-refractivity contribution in [1.29, 1.82) is 0 Å². The van der Waals surface area contributed by atoms with Crippen LogP contribution in [0.2, 0.25) is 0 Å². The van der Waals surface area contributed by atoms with Crippen molar-refractivity contribution in [3.05, 3.63) is 34.3 Å². The summed E-state index contributed by atoms with van der Waals surface area (Å²) in [6.45, 7) is 1.97. The van der Waals surface area contributed by atoms with Crippen LogP contribution < -0.4 is 5.32 Å². The summed E-state index contributed by atoms with van der Waals surface area (Å²) in [6.07, 6.45) is 3.36. The summed E-state index contributed by atoms with van der Waals surface area (Å²) in [5.74, 6) is 0.179. The van der Waals surface area contributed by atoms with Gasteiger partial charge >= 0.3 is 0 Å². The molecule has 1 amide bonds. The van der Waals surface area contributed by atoms with Crippen LogP contribution in [-0.2, 0) is 0 Å². The maximum atomic E-state index is 12.7. The lowest BCUT2D eigenvalue weighted by atomic mass is 10.1. The van der Waals surface area contributed by atoms with Gasteiger partial charge in [0.25, 0.3) is 5.91 Å². The Morgan fingerprint density at radius 3 is 2.74 bits per heavy atom. The third kappa shape index (κ3) is 2.81. The van der Waals surface area contributed by atoms with E-state index in [1.165, 1.54) is 0 Å². The van der Waals surface area contributed by atoms with E-state index in [2.05, 4.69) is 26.1 Å². The number of hydrogen-bond acceptors (Lipinski definition) is 2. The fourth-order valence-electron chi connectivity index (χ4n) is 3.09. The molecular weight excluding hydrogens is 328 g/mol. The van der Waals surface area contributed by atoms with E-state index in [0.717, 1.165) is 42.4 Å². The van der Waals surface area contributed by atoms with E-state index in [1.54, 1.807) is 0 Å². The first-order valence-corrected chi connectivity index (χ1v) is 7.34. The number of rotatable bonds is 1. The Labute approximate surface area is 128 Å². The van der Waals surface area contributed by atoms with E-state index >= 15 is 0 Å². The van der Waals surface area contributed by atoms with Gasteiger partial charge in [-0.25, -0.2) is 0 Å². The van der Waals surface area contributed by atoms with Crippen molar-refractivity contribution >= 4 is 34.2 Å². The topological polar surface area (TPSA) is 32.3 Å². The minimum absolute atomic E-state index is 0. The minimum atomic E-state index is 0. The molecule has 0 spiro atoms. The molecule has 2 bridgehead atoms. The number of carbonyl (C=O) groups excluding carboxylic acids is 1. The largest absolute Gasteiger partial charge is 0.331 e. The number of carbonyl (C=O) groups is 1. The molecule has 2 heterocycles. The summed E-state index contributed by atoms with van der Waals surface area (Å²) < 4.78 is 0.895. The molecule has 0 radical (unpaired) electrons. The standard InChI is InChI=1S/C14H17BrN2O.ClH/c15-13-4-2-1-3-12(13)14(18)17-10-5-6-11(17)9-16-8-7-10;/h1-4,10-11,16H,5-9H2;1H. The van der Waals surface area contributed by atoms with Crippen molar-refractivity contribution in [2.24, 2.45) is 0 Å². The highest BCUT2D eigenvalue weighted by Crippen LogP contribution is 2.31. The molecular formula is C14H18BrClN2O. The maximum Gasteiger partial charge on any atom is 0.255 e. The number of benzene rings is 1. The lowest BCUT2D eigenvalue weighted by Gasteiger charge is -2.28. The molecule has 1 aromatic rings. The number of fused-ring (bicyclic) bond motifs is 2. The molecule has 2 atom stereocenters. The highest BCUT2D eigenvalue weighted by Gasteiger charge is 2.38. The van der Waals surface area contributed by atoms with Crippen LogP contribution in [0.4, 0.5) is 0 Å². The summed E-state index contributed by atoms with van der Waals surface area (Å²) in [6, 6.07) is 8.51. The van der Waals surface area contributed by atoms with Crippen molar-refractivity contribution in [3.63, 3.8) is 0 Å². The number of hydrogen-bond donors (Lipinski definition) is 1. The van der Waals surface area contributed by atoms with E-state index in [0.29, 0.717) is 12.1 Å². The molecule has 0 saturated carbocycles. The van der Waals surface area contributed by atoms with Gasteiger partial charge in [-0.2, -0.15) is 0 Å². The Hall–Kier alpha value is -0.580. The normalized spacial score (nSPS) is 25.6. The second-order valence-electron chi connectivity index (χ2n) is 5.07. The Morgan fingerprint density at radius 2 is 1.95 bits per heavy atom. The van der Waals surface area contributed by atoms with Crippen LogP contribution >= 0.6 is 28.3 Å². The van der Waals surface area contributed by atoms with Crippen LogP contribution in [-0.4, -0.2) is 36.0 Å². The van der Waals surface area contributed by atoms with Crippen LogP contribution in [0.15, 0.2) is 28.7 Å². The molecule has 2 unspecified atom stereocenters. The third-order valence-corrected chi connectivity index (χ3v) is 4.68. The van der Waals surface area contributed by atoms with Gasteiger partial charge in [-0.05, 0) is 53.9 Å². The Balaban J connectivity index is 0.00000133. The fourth-order valence-corrected chi connectivity index (χ4v) is 3.54. The van der Waals surface area contributed by atoms with Crippen molar-refractivity contribution in [2.75, 3.05) is 13.1 Å². The maximum absolute atomic E-state index is 12.7. The lowest BCUT2D eigenvalue weighted by Crippen LogP contribution is -2.42. The van der Waals surface area contributed by atoms with Gasteiger partial charge in [0.05, 0.1) is 5.56 Å². The Kier molecular flexibility index (Phi) is 4.87. The lowest BCUT2D eigenvalue weighted by molar-refractivity contribution is 0.0679. The molecule has 3 rings (SSSR count). The smallest absolute Gasteiger partial charge is 0.255 e. The van der Waals surface area contributed by atoms with Crippen LogP contribution in [0, 0.1) is 0 Å². The van der Waals surface area contributed by atoms with E-state index < -0.39 is 0 Å². The first-order chi connectivity index (χ1) is 8.77. The minimum Gasteiger partial charge on any atom is -0.331 e. The molecule has 5 heteroatoms. The molecule has 1 N–H and O–H groups in total. The highest BCUT2D eigenvalue weighted by atomic mass is 79.9. The van der Waals surface area contributed by atoms with Crippen LogP contribution in [0.1, 0.15) is 29.6 Å². The molecule has 0 aromatic heterocycles. The molecule has 2 aliphatic rings. The van der Waals surface area contributed by atoms with Crippen molar-refractivity contribution in [1.82, 2.24) is 10.2 Å². The second-order valence-corrected chi connectivity index (χ2v) is 5.92. The molecule has 2 saturated heterocycles. The molecule has 104 valence electrons. The predicted molar refractivity (Wildman–Crippen MR) is 81.9 cm³/mol. The SMILES string of the molecule is Cl.O=C(c1ccccc1Br)N1C2CCNCC1CC2. The van der Waals surface area contributed by atoms with Gasteiger partial charge in [0.15, 0.2) is 0 Å². The monoisotopic (exact) mass is 344 g/mol. The Bertz CT molecular complexity index is 455. The number of amides is 1. The van der Waals surface area contributed by atoms with Gasteiger partial charge in [0.1, 0.15) is 0 Å². The van der Waals surface area contributed by atoms with Gasteiger partial charge < -0.3 is 10.2 Å². The van der Waals surface area contributed by atoms with Gasteiger partial charge in [0.2, 0.25) is 0 Å². The molecule has 2 aliphatic heterocycles. The zero-order chi connectivity index (χ0) is 12.5. The van der Waals surface area contributed by atoms with Crippen molar-refractivity contribution in [2.45, 2.75) is 31.3 Å². The number of halogens is 2. The summed E-state index contributed by atoms with van der Waals surface area (Å²) in [5, 5.41) is 3.42. The molecule has 1 aromatic carbocycles. The third-order valence-electron chi connectivity index (χ3n) is 3.99. The highest BCUT2D eigenvalue weighted by molar-refractivity contribution is 9.10. The number of nitrogens with one attached hydrogen (secondary N) is 1. The van der Waals surface area contributed by atoms with Crippen molar-refractivity contribution in [3.8, 4) is 0 Å². The van der Waals surface area contributed by atoms with E-state index in [4.69, 9.17) is 0 Å². The first-order valence-electron chi connectivity index (χ1n) is 6.55. The zero-order valence-electron chi connectivity index (χ0n) is 10.6.